The number of anilines is 4. The molecule has 3 heterocycles. The Labute approximate surface area is 279 Å². The zero-order valence-electron chi connectivity index (χ0n) is 27.3. The van der Waals surface area contributed by atoms with E-state index in [1.54, 1.807) is 0 Å². The Kier molecular flexibility index (Phi) is 7.22. The lowest BCUT2D eigenvalue weighted by atomic mass is 9.73. The number of aromatic nitrogens is 1. The van der Waals surface area contributed by atoms with Crippen molar-refractivity contribution in [3.8, 4) is 0 Å². The number of hydrogen-bond acceptors (Lipinski definition) is 4. The van der Waals surface area contributed by atoms with E-state index >= 15 is 0 Å². The van der Waals surface area contributed by atoms with Gasteiger partial charge < -0.3 is 14.7 Å². The Morgan fingerprint density at radius 3 is 2.23 bits per heavy atom. The highest BCUT2D eigenvalue weighted by Crippen LogP contribution is 2.52. The van der Waals surface area contributed by atoms with Crippen molar-refractivity contribution in [1.29, 1.82) is 0 Å². The quantitative estimate of drug-likeness (QED) is 0.180. The van der Waals surface area contributed by atoms with Gasteiger partial charge in [-0.05, 0) is 82.0 Å². The number of para-hydroxylation sites is 1. The van der Waals surface area contributed by atoms with Gasteiger partial charge in [-0.25, -0.2) is 0 Å². The molecular weight excluding hydrogens is 589 g/mol. The van der Waals surface area contributed by atoms with Gasteiger partial charge in [0.15, 0.2) is 0 Å². The van der Waals surface area contributed by atoms with E-state index in [-0.39, 0.29) is 5.41 Å². The van der Waals surface area contributed by atoms with Gasteiger partial charge in [-0.2, -0.15) is 0 Å². The monoisotopic (exact) mass is 628 g/mol. The van der Waals surface area contributed by atoms with Crippen LogP contribution in [0.3, 0.4) is 0 Å². The van der Waals surface area contributed by atoms with Crippen LogP contribution in [0.4, 0.5) is 22.7 Å². The Morgan fingerprint density at radius 2 is 1.47 bits per heavy atom. The number of rotatable bonds is 6. The summed E-state index contributed by atoms with van der Waals surface area (Å²) < 4.78 is 0. The first-order valence-electron chi connectivity index (χ1n) is 16.6. The third-order valence-electron chi connectivity index (χ3n) is 10.1. The molecular formula is C42H40N4Si. The molecule has 1 aromatic heterocycles. The fraction of sp³-hybridized carbons (Fsp3) is 0.167. The molecule has 0 radical (unpaired) electrons. The Morgan fingerprint density at radius 1 is 0.681 bits per heavy atom. The van der Waals surface area contributed by atoms with Crippen molar-refractivity contribution in [2.45, 2.75) is 32.1 Å². The Balaban J connectivity index is 1.41. The fourth-order valence-corrected chi connectivity index (χ4v) is 12.5. The molecule has 0 saturated heterocycles. The highest BCUT2D eigenvalue weighted by atomic mass is 28.3. The molecule has 3 aliphatic rings. The summed E-state index contributed by atoms with van der Waals surface area (Å²) in [7, 11) is -0.663. The average molecular weight is 629 g/mol. The van der Waals surface area contributed by atoms with Crippen molar-refractivity contribution in [3.05, 3.63) is 168 Å². The van der Waals surface area contributed by atoms with E-state index in [9.17, 15) is 0 Å². The summed E-state index contributed by atoms with van der Waals surface area (Å²) >= 11 is 0. The molecule has 2 aliphatic heterocycles. The van der Waals surface area contributed by atoms with Gasteiger partial charge in [0.2, 0.25) is 8.07 Å². The fourth-order valence-electron chi connectivity index (χ4n) is 7.84. The van der Waals surface area contributed by atoms with Gasteiger partial charge in [-0.1, -0.05) is 105 Å². The molecule has 0 amide bonds. The first-order valence-corrected chi connectivity index (χ1v) is 18.6. The maximum absolute atomic E-state index is 5.15. The number of nitrogens with zero attached hydrogens (tertiary/aromatic N) is 4. The summed E-state index contributed by atoms with van der Waals surface area (Å²) in [5.41, 5.74) is 7.30. The summed E-state index contributed by atoms with van der Waals surface area (Å²) in [6, 6.07) is 42.9. The molecule has 0 bridgehead atoms. The predicted octanol–water partition coefficient (Wildman–Crippen LogP) is 7.66. The number of pyridine rings is 1. The standard InChI is InChI=1S/C42H40N4Si/c1-42(2)37-21-10-11-22-39(37)46(33-16-14-15-32(29-33)45-28-27-44(3)31-45)40-30-36(24-25-38(40)42)47(34-17-6-4-7-18-34,35-19-8-5-9-20-35)41-23-12-13-26-43-41/h4,6-8,10-30H,5,9,31H2,1-3H3. The van der Waals surface area contributed by atoms with Gasteiger partial charge in [0, 0.05) is 47.8 Å². The smallest absolute Gasteiger partial charge is 0.201 e. The second-order valence-electron chi connectivity index (χ2n) is 13.4. The summed E-state index contributed by atoms with van der Waals surface area (Å²) in [5.74, 6) is 0. The van der Waals surface area contributed by atoms with Gasteiger partial charge in [0.25, 0.3) is 0 Å². The van der Waals surface area contributed by atoms with Gasteiger partial charge in [-0.3, -0.25) is 4.98 Å². The molecule has 1 atom stereocenters. The van der Waals surface area contributed by atoms with Crippen LogP contribution in [0.1, 0.15) is 37.8 Å². The average Bonchev–Trinajstić information content (AvgIpc) is 3.56. The van der Waals surface area contributed by atoms with Crippen molar-refractivity contribution >= 4 is 46.5 Å². The molecule has 4 aromatic carbocycles. The molecule has 8 rings (SSSR count). The van der Waals surface area contributed by atoms with Gasteiger partial charge in [-0.15, -0.1) is 0 Å². The molecule has 47 heavy (non-hydrogen) atoms. The van der Waals surface area contributed by atoms with Crippen LogP contribution in [0.5, 0.6) is 0 Å². The first-order chi connectivity index (χ1) is 23.0. The van der Waals surface area contributed by atoms with E-state index in [1.807, 2.05) is 12.3 Å². The molecule has 5 heteroatoms. The summed E-state index contributed by atoms with van der Waals surface area (Å²) in [6.45, 7) is 5.58. The minimum absolute atomic E-state index is 0.176. The third-order valence-corrected chi connectivity index (χ3v) is 14.8. The minimum Gasteiger partial charge on any atom is -0.361 e. The highest BCUT2D eigenvalue weighted by molar-refractivity contribution is 7.16. The summed E-state index contributed by atoms with van der Waals surface area (Å²) in [5, 5.41) is 5.27. The van der Waals surface area contributed by atoms with Crippen LogP contribution >= 0.6 is 0 Å². The summed E-state index contributed by atoms with van der Waals surface area (Å²) in [4.78, 5) is 12.2. The maximum Gasteiger partial charge on any atom is 0.201 e. The topological polar surface area (TPSA) is 22.6 Å². The molecule has 1 unspecified atom stereocenters. The predicted molar refractivity (Wildman–Crippen MR) is 199 cm³/mol. The molecule has 232 valence electrons. The lowest BCUT2D eigenvalue weighted by Gasteiger charge is -2.43. The lowest BCUT2D eigenvalue weighted by molar-refractivity contribution is 0.496. The number of benzene rings is 4. The first kappa shape index (κ1) is 29.3. The SMILES string of the molecule is CN1C=CN(c2cccc(N3c4ccccc4C(C)(C)c4ccc([Si](C5=CCCC=C5)(c5ccccc5)c5ccccn5)cc43)c2)C1. The molecule has 1 aliphatic carbocycles. The molecule has 4 nitrogen and oxygen atoms in total. The van der Waals surface area contributed by atoms with Crippen molar-refractivity contribution in [2.24, 2.45) is 0 Å². The lowest BCUT2D eigenvalue weighted by Crippen LogP contribution is -2.69. The minimum atomic E-state index is -2.78. The zero-order valence-corrected chi connectivity index (χ0v) is 28.3. The molecule has 5 aromatic rings. The van der Waals surface area contributed by atoms with Crippen LogP contribution in [-0.2, 0) is 5.41 Å². The van der Waals surface area contributed by atoms with Crippen molar-refractivity contribution in [1.82, 2.24) is 9.88 Å². The normalized spacial score (nSPS) is 17.6. The van der Waals surface area contributed by atoms with Gasteiger partial charge in [0.1, 0.15) is 0 Å². The van der Waals surface area contributed by atoms with E-state index in [4.69, 9.17) is 4.98 Å². The maximum atomic E-state index is 5.15. The number of allylic oxidation sites excluding steroid dienone is 4. The van der Waals surface area contributed by atoms with Gasteiger partial charge in [0.05, 0.1) is 18.0 Å². The van der Waals surface area contributed by atoms with Crippen LogP contribution < -0.4 is 25.5 Å². The van der Waals surface area contributed by atoms with E-state index in [2.05, 4.69) is 175 Å². The molecule has 0 spiro atoms. The van der Waals surface area contributed by atoms with E-state index in [1.165, 1.54) is 43.8 Å². The van der Waals surface area contributed by atoms with Crippen LogP contribution in [-0.4, -0.2) is 31.7 Å². The van der Waals surface area contributed by atoms with Crippen molar-refractivity contribution in [3.63, 3.8) is 0 Å². The zero-order chi connectivity index (χ0) is 32.0. The second-order valence-corrected chi connectivity index (χ2v) is 17.1. The van der Waals surface area contributed by atoms with Gasteiger partial charge >= 0.3 is 0 Å². The highest BCUT2D eigenvalue weighted by Gasteiger charge is 2.46. The van der Waals surface area contributed by atoms with E-state index < -0.39 is 8.07 Å². The third kappa shape index (κ3) is 4.76. The summed E-state index contributed by atoms with van der Waals surface area (Å²) in [6.07, 6.45) is 15.6. The Bertz CT molecular complexity index is 1990. The molecule has 0 saturated carbocycles. The van der Waals surface area contributed by atoms with Crippen LogP contribution in [0, 0.1) is 0 Å². The van der Waals surface area contributed by atoms with Crippen LogP contribution in [0.2, 0.25) is 0 Å². The van der Waals surface area contributed by atoms with Crippen LogP contribution in [0.25, 0.3) is 0 Å². The number of fused-ring (bicyclic) bond motifs is 2. The van der Waals surface area contributed by atoms with Crippen molar-refractivity contribution < 1.29 is 0 Å². The Hall–Kier alpha value is -5.13. The second kappa shape index (κ2) is 11.6. The van der Waals surface area contributed by atoms with E-state index in [0.29, 0.717) is 0 Å². The van der Waals surface area contributed by atoms with Crippen molar-refractivity contribution in [2.75, 3.05) is 23.5 Å². The molecule has 0 N–H and O–H groups in total. The van der Waals surface area contributed by atoms with Crippen LogP contribution in [0.15, 0.2) is 157 Å². The van der Waals surface area contributed by atoms with E-state index in [0.717, 1.165) is 30.5 Å². The largest absolute Gasteiger partial charge is 0.361 e. The molecule has 0 fully saturated rings. The number of hydrogen-bond donors (Lipinski definition) is 0.